The molecule has 0 spiro atoms. The molecule has 0 radical (unpaired) electrons. The maximum Gasteiger partial charge on any atom is 0.154 e. The highest BCUT2D eigenvalue weighted by molar-refractivity contribution is 8.01. The van der Waals surface area contributed by atoms with Crippen LogP contribution in [0, 0.1) is 12.3 Å². The van der Waals surface area contributed by atoms with Gasteiger partial charge in [0.2, 0.25) is 0 Å². The summed E-state index contributed by atoms with van der Waals surface area (Å²) in [6, 6.07) is 6.02. The van der Waals surface area contributed by atoms with Gasteiger partial charge >= 0.3 is 0 Å². The maximum atomic E-state index is 7.80. The summed E-state index contributed by atoms with van der Waals surface area (Å²) in [7, 11) is 0. The molecule has 3 N–H and O–H groups in total. The van der Waals surface area contributed by atoms with E-state index in [1.165, 1.54) is 0 Å². The van der Waals surface area contributed by atoms with E-state index in [0.29, 0.717) is 0 Å². The number of amidine groups is 1. The number of thiazole rings is 1. The van der Waals surface area contributed by atoms with E-state index >= 15 is 0 Å². The second-order valence-electron chi connectivity index (χ2n) is 3.83. The number of thioether (sulfide) groups is 1. The zero-order valence-electron chi connectivity index (χ0n) is 10.8. The van der Waals surface area contributed by atoms with Crippen molar-refractivity contribution in [3.05, 3.63) is 34.8 Å². The summed E-state index contributed by atoms with van der Waals surface area (Å²) in [5, 5.41) is 9.83. The topological polar surface area (TPSA) is 62.8 Å². The van der Waals surface area contributed by atoms with Crippen LogP contribution in [0.1, 0.15) is 18.2 Å². The summed E-state index contributed by atoms with van der Waals surface area (Å²) in [6.07, 6.45) is 0. The first-order valence-corrected chi connectivity index (χ1v) is 8.50. The second kappa shape index (κ2) is 6.45. The van der Waals surface area contributed by atoms with Gasteiger partial charge in [-0.3, -0.25) is 5.41 Å². The second-order valence-corrected chi connectivity index (χ2v) is 7.29. The van der Waals surface area contributed by atoms with Gasteiger partial charge in [0.25, 0.3) is 0 Å². The molecule has 0 aliphatic rings. The number of hydrogen-bond donors (Lipinski definition) is 2. The SMILES string of the molecule is CCSc1cccc(Sc2nc(C)cs2)c1C(=N)N. The van der Waals surface area contributed by atoms with Crippen LogP contribution in [0.4, 0.5) is 0 Å². The molecule has 0 aliphatic heterocycles. The van der Waals surface area contributed by atoms with Gasteiger partial charge in [0.1, 0.15) is 5.84 Å². The number of nitrogens with zero attached hydrogens (tertiary/aromatic N) is 1. The van der Waals surface area contributed by atoms with E-state index in [2.05, 4.69) is 11.9 Å². The average Bonchev–Trinajstić information content (AvgIpc) is 2.75. The Balaban J connectivity index is 2.38. The van der Waals surface area contributed by atoms with E-state index in [4.69, 9.17) is 11.1 Å². The van der Waals surface area contributed by atoms with Crippen LogP contribution in [0.25, 0.3) is 0 Å². The number of nitrogen functional groups attached to an aromatic ring is 1. The predicted molar refractivity (Wildman–Crippen MR) is 84.8 cm³/mol. The predicted octanol–water partition coefficient (Wildman–Crippen LogP) is 4.00. The molecule has 1 aromatic heterocycles. The molecule has 2 rings (SSSR count). The van der Waals surface area contributed by atoms with Crippen molar-refractivity contribution in [2.75, 3.05) is 5.75 Å². The quantitative estimate of drug-likeness (QED) is 0.498. The molecule has 0 aliphatic carbocycles. The fourth-order valence-corrected chi connectivity index (χ4v) is 4.50. The number of nitrogens with one attached hydrogen (secondary N) is 1. The van der Waals surface area contributed by atoms with Gasteiger partial charge in [0, 0.05) is 26.4 Å². The van der Waals surface area contributed by atoms with Crippen molar-refractivity contribution in [2.45, 2.75) is 28.0 Å². The molecule has 1 aromatic carbocycles. The smallest absolute Gasteiger partial charge is 0.154 e. The van der Waals surface area contributed by atoms with E-state index < -0.39 is 0 Å². The number of nitrogens with two attached hydrogens (primary N) is 1. The summed E-state index contributed by atoms with van der Waals surface area (Å²) in [4.78, 5) is 6.51. The zero-order valence-corrected chi connectivity index (χ0v) is 13.2. The van der Waals surface area contributed by atoms with Gasteiger partial charge in [-0.2, -0.15) is 0 Å². The van der Waals surface area contributed by atoms with Gasteiger partial charge in [-0.15, -0.1) is 23.1 Å². The number of benzene rings is 1. The van der Waals surface area contributed by atoms with Crippen molar-refractivity contribution in [3.63, 3.8) is 0 Å². The molecule has 0 bridgehead atoms. The standard InChI is InChI=1S/C13H15N3S3/c1-3-17-9-5-4-6-10(11(9)12(14)15)19-13-16-8(2)7-18-13/h4-7H,3H2,1-2H3,(H3,14,15). The molecule has 19 heavy (non-hydrogen) atoms. The molecule has 3 nitrogen and oxygen atoms in total. The van der Waals surface area contributed by atoms with E-state index in [1.807, 2.05) is 30.5 Å². The minimum absolute atomic E-state index is 0.118. The van der Waals surface area contributed by atoms with Crippen LogP contribution >= 0.6 is 34.9 Å². The molecule has 0 saturated heterocycles. The molecule has 0 unspecified atom stereocenters. The molecule has 0 fully saturated rings. The molecule has 0 saturated carbocycles. The summed E-state index contributed by atoms with van der Waals surface area (Å²) in [6.45, 7) is 4.08. The van der Waals surface area contributed by atoms with Crippen molar-refractivity contribution >= 4 is 40.7 Å². The lowest BCUT2D eigenvalue weighted by Crippen LogP contribution is -2.13. The highest BCUT2D eigenvalue weighted by atomic mass is 32.2. The first-order valence-electron chi connectivity index (χ1n) is 5.82. The van der Waals surface area contributed by atoms with Crippen molar-refractivity contribution in [1.82, 2.24) is 4.98 Å². The lowest BCUT2D eigenvalue weighted by atomic mass is 10.2. The van der Waals surface area contributed by atoms with Crippen LogP contribution < -0.4 is 5.73 Å². The van der Waals surface area contributed by atoms with E-state index in [1.54, 1.807) is 34.9 Å². The Bertz CT molecular complexity index is 593. The first kappa shape index (κ1) is 14.4. The van der Waals surface area contributed by atoms with Crippen LogP contribution in [0.2, 0.25) is 0 Å². The van der Waals surface area contributed by atoms with Crippen LogP contribution in [0.3, 0.4) is 0 Å². The number of hydrogen-bond acceptors (Lipinski definition) is 5. The van der Waals surface area contributed by atoms with Gasteiger partial charge in [-0.1, -0.05) is 24.8 Å². The average molecular weight is 309 g/mol. The lowest BCUT2D eigenvalue weighted by Gasteiger charge is -2.11. The summed E-state index contributed by atoms with van der Waals surface area (Å²) >= 11 is 4.90. The van der Waals surface area contributed by atoms with Crippen LogP contribution in [0.5, 0.6) is 0 Å². The molecular weight excluding hydrogens is 294 g/mol. The Kier molecular flexibility index (Phi) is 4.90. The van der Waals surface area contributed by atoms with Gasteiger partial charge in [-0.25, -0.2) is 4.98 Å². The van der Waals surface area contributed by atoms with Crippen LogP contribution in [-0.4, -0.2) is 16.6 Å². The third kappa shape index (κ3) is 3.52. The molecule has 1 heterocycles. The first-order chi connectivity index (χ1) is 9.11. The van der Waals surface area contributed by atoms with Crippen LogP contribution in [-0.2, 0) is 0 Å². The Labute approximate surface area is 125 Å². The molecule has 2 aromatic rings. The largest absolute Gasteiger partial charge is 0.384 e. The van der Waals surface area contributed by atoms with E-state index in [-0.39, 0.29) is 5.84 Å². The monoisotopic (exact) mass is 309 g/mol. The van der Waals surface area contributed by atoms with Gasteiger partial charge in [-0.05, 0) is 24.8 Å². The van der Waals surface area contributed by atoms with Crippen molar-refractivity contribution < 1.29 is 0 Å². The normalized spacial score (nSPS) is 10.6. The number of rotatable bonds is 5. The molecule has 0 atom stereocenters. The molecular formula is C13H15N3S3. The fourth-order valence-electron chi connectivity index (χ4n) is 1.61. The number of aryl methyl sites for hydroxylation is 1. The minimum atomic E-state index is 0.118. The number of aromatic nitrogens is 1. The lowest BCUT2D eigenvalue weighted by molar-refractivity contribution is 1.15. The third-order valence-electron chi connectivity index (χ3n) is 2.35. The zero-order chi connectivity index (χ0) is 13.8. The highest BCUT2D eigenvalue weighted by Gasteiger charge is 2.13. The van der Waals surface area contributed by atoms with Gasteiger partial charge in [0.05, 0.1) is 0 Å². The maximum absolute atomic E-state index is 7.80. The van der Waals surface area contributed by atoms with Crippen molar-refractivity contribution in [2.24, 2.45) is 5.73 Å². The van der Waals surface area contributed by atoms with E-state index in [0.717, 1.165) is 31.1 Å². The summed E-state index contributed by atoms with van der Waals surface area (Å²) in [5.74, 6) is 1.08. The minimum Gasteiger partial charge on any atom is -0.384 e. The summed E-state index contributed by atoms with van der Waals surface area (Å²) < 4.78 is 0.985. The van der Waals surface area contributed by atoms with Crippen molar-refractivity contribution in [1.29, 1.82) is 5.41 Å². The Morgan fingerprint density at radius 3 is 2.74 bits per heavy atom. The Morgan fingerprint density at radius 1 is 1.42 bits per heavy atom. The van der Waals surface area contributed by atoms with E-state index in [9.17, 15) is 0 Å². The molecule has 0 amide bonds. The summed E-state index contributed by atoms with van der Waals surface area (Å²) in [5.41, 5.74) is 7.59. The third-order valence-corrected chi connectivity index (χ3v) is 5.41. The van der Waals surface area contributed by atoms with Crippen LogP contribution in [0.15, 0.2) is 37.7 Å². The van der Waals surface area contributed by atoms with Gasteiger partial charge in [0.15, 0.2) is 4.34 Å². The Hall–Kier alpha value is -0.980. The fraction of sp³-hybridized carbons (Fsp3) is 0.231. The van der Waals surface area contributed by atoms with Crippen molar-refractivity contribution in [3.8, 4) is 0 Å². The Morgan fingerprint density at radius 2 is 2.16 bits per heavy atom. The van der Waals surface area contributed by atoms with Gasteiger partial charge < -0.3 is 5.73 Å². The molecule has 100 valence electrons. The molecule has 6 heteroatoms. The highest BCUT2D eigenvalue weighted by Crippen LogP contribution is 2.36.